The molecule has 3 aliphatic rings. The van der Waals surface area contributed by atoms with Gasteiger partial charge in [-0.15, -0.1) is 0 Å². The summed E-state index contributed by atoms with van der Waals surface area (Å²) < 4.78 is 5.51. The summed E-state index contributed by atoms with van der Waals surface area (Å²) in [5.74, 6) is 0. The number of likely N-dealkylation sites (tertiary alicyclic amines) is 2. The van der Waals surface area contributed by atoms with Crippen molar-refractivity contribution < 1.29 is 9.53 Å². The summed E-state index contributed by atoms with van der Waals surface area (Å²) in [6.07, 6.45) is 3.55. The molecule has 1 amide bonds. The predicted octanol–water partition coefficient (Wildman–Crippen LogP) is 1.43. The number of rotatable bonds is 1. The molecule has 3 aliphatic heterocycles. The maximum absolute atomic E-state index is 12.2. The first-order valence-electron chi connectivity index (χ1n) is 7.90. The minimum Gasteiger partial charge on any atom is -0.444 e. The van der Waals surface area contributed by atoms with Gasteiger partial charge in [0.1, 0.15) is 5.60 Å². The average molecular weight is 281 g/mol. The highest BCUT2D eigenvalue weighted by Gasteiger charge is 2.48. The topological polar surface area (TPSA) is 44.8 Å². The second-order valence-electron chi connectivity index (χ2n) is 7.37. The highest BCUT2D eigenvalue weighted by molar-refractivity contribution is 5.69. The van der Waals surface area contributed by atoms with Gasteiger partial charge in [-0.1, -0.05) is 0 Å². The van der Waals surface area contributed by atoms with Crippen molar-refractivity contribution >= 4 is 6.09 Å². The van der Waals surface area contributed by atoms with Crippen LogP contribution in [0.2, 0.25) is 0 Å². The molecule has 114 valence electrons. The van der Waals surface area contributed by atoms with Crippen LogP contribution in [0, 0.1) is 0 Å². The van der Waals surface area contributed by atoms with Gasteiger partial charge in [-0.05, 0) is 46.6 Å². The molecule has 3 rings (SSSR count). The van der Waals surface area contributed by atoms with Crippen molar-refractivity contribution in [2.45, 2.75) is 63.8 Å². The number of piperazine rings is 1. The summed E-state index contributed by atoms with van der Waals surface area (Å²) in [4.78, 5) is 16.8. The molecule has 5 nitrogen and oxygen atoms in total. The van der Waals surface area contributed by atoms with Gasteiger partial charge in [-0.3, -0.25) is 4.90 Å². The molecule has 20 heavy (non-hydrogen) atoms. The highest BCUT2D eigenvalue weighted by Crippen LogP contribution is 2.34. The number of ether oxygens (including phenoxy) is 1. The minimum atomic E-state index is -0.397. The van der Waals surface area contributed by atoms with Gasteiger partial charge in [-0.2, -0.15) is 0 Å². The Bertz CT molecular complexity index is 374. The molecular weight excluding hydrogens is 254 g/mol. The lowest BCUT2D eigenvalue weighted by atomic mass is 10.0. The molecule has 5 heteroatoms. The summed E-state index contributed by atoms with van der Waals surface area (Å²) in [6.45, 7) is 9.92. The van der Waals surface area contributed by atoms with E-state index in [4.69, 9.17) is 4.74 Å². The summed E-state index contributed by atoms with van der Waals surface area (Å²) in [7, 11) is 0. The van der Waals surface area contributed by atoms with Gasteiger partial charge in [0.05, 0.1) is 0 Å². The lowest BCUT2D eigenvalue weighted by Gasteiger charge is -2.40. The summed E-state index contributed by atoms with van der Waals surface area (Å²) in [5.41, 5.74) is -0.397. The Labute approximate surface area is 121 Å². The van der Waals surface area contributed by atoms with Crippen LogP contribution in [0.25, 0.3) is 0 Å². The van der Waals surface area contributed by atoms with E-state index < -0.39 is 5.60 Å². The first-order chi connectivity index (χ1) is 9.44. The molecule has 3 saturated heterocycles. The van der Waals surface area contributed by atoms with E-state index in [-0.39, 0.29) is 6.09 Å². The van der Waals surface area contributed by atoms with Gasteiger partial charge >= 0.3 is 6.09 Å². The quantitative estimate of drug-likeness (QED) is 0.790. The zero-order valence-corrected chi connectivity index (χ0v) is 12.9. The smallest absolute Gasteiger partial charge is 0.410 e. The van der Waals surface area contributed by atoms with E-state index >= 15 is 0 Å². The predicted molar refractivity (Wildman–Crippen MR) is 77.7 cm³/mol. The zero-order valence-electron chi connectivity index (χ0n) is 12.9. The molecule has 0 aliphatic carbocycles. The SMILES string of the molecule is CC(C)(C)OC(=O)N1CC2CC1CN2C1CCCNC1. The van der Waals surface area contributed by atoms with Gasteiger partial charge in [0.25, 0.3) is 0 Å². The number of fused-ring (bicyclic) bond motifs is 2. The van der Waals surface area contributed by atoms with E-state index in [1.807, 2.05) is 25.7 Å². The van der Waals surface area contributed by atoms with Crippen LogP contribution in [0.15, 0.2) is 0 Å². The summed E-state index contributed by atoms with van der Waals surface area (Å²) in [5, 5.41) is 3.49. The minimum absolute atomic E-state index is 0.133. The van der Waals surface area contributed by atoms with Gasteiger partial charge in [0, 0.05) is 37.8 Å². The molecule has 2 bridgehead atoms. The first kappa shape index (κ1) is 14.1. The molecular formula is C15H27N3O2. The third-order valence-electron chi connectivity index (χ3n) is 4.65. The Morgan fingerprint density at radius 2 is 2.00 bits per heavy atom. The van der Waals surface area contributed by atoms with Crippen LogP contribution in [-0.2, 0) is 4.74 Å². The van der Waals surface area contributed by atoms with Crippen molar-refractivity contribution in [2.75, 3.05) is 26.2 Å². The lowest BCUT2D eigenvalue weighted by molar-refractivity contribution is 0.00777. The maximum atomic E-state index is 12.2. The molecule has 0 aromatic heterocycles. The van der Waals surface area contributed by atoms with Crippen LogP contribution in [0.1, 0.15) is 40.0 Å². The average Bonchev–Trinajstić information content (AvgIpc) is 2.97. The number of hydrogen-bond acceptors (Lipinski definition) is 4. The number of piperidine rings is 1. The molecule has 3 fully saturated rings. The van der Waals surface area contributed by atoms with Crippen LogP contribution in [0.3, 0.4) is 0 Å². The van der Waals surface area contributed by atoms with Crippen LogP contribution in [0.4, 0.5) is 4.79 Å². The van der Waals surface area contributed by atoms with Gasteiger partial charge in [0.15, 0.2) is 0 Å². The number of amides is 1. The molecule has 3 unspecified atom stereocenters. The van der Waals surface area contributed by atoms with E-state index in [1.54, 1.807) is 0 Å². The van der Waals surface area contributed by atoms with Crippen LogP contribution >= 0.6 is 0 Å². The third kappa shape index (κ3) is 2.79. The van der Waals surface area contributed by atoms with Crippen LogP contribution in [0.5, 0.6) is 0 Å². The number of carbonyl (C=O) groups excluding carboxylic acids is 1. The molecule has 0 saturated carbocycles. The molecule has 3 heterocycles. The number of nitrogens with one attached hydrogen (secondary N) is 1. The van der Waals surface area contributed by atoms with Gasteiger partial charge < -0.3 is 15.0 Å². The summed E-state index contributed by atoms with van der Waals surface area (Å²) >= 11 is 0. The second kappa shape index (κ2) is 5.19. The highest BCUT2D eigenvalue weighted by atomic mass is 16.6. The second-order valence-corrected chi connectivity index (χ2v) is 7.37. The Kier molecular flexibility index (Phi) is 3.67. The summed E-state index contributed by atoms with van der Waals surface area (Å²) in [6, 6.07) is 1.56. The first-order valence-corrected chi connectivity index (χ1v) is 7.90. The van der Waals surface area contributed by atoms with Crippen molar-refractivity contribution in [1.29, 1.82) is 0 Å². The Balaban J connectivity index is 1.57. The molecule has 0 radical (unpaired) electrons. The van der Waals surface area contributed by atoms with Crippen molar-refractivity contribution in [3.8, 4) is 0 Å². The zero-order chi connectivity index (χ0) is 14.3. The molecule has 3 atom stereocenters. The Morgan fingerprint density at radius 1 is 1.20 bits per heavy atom. The molecule has 0 aromatic carbocycles. The Morgan fingerprint density at radius 3 is 2.55 bits per heavy atom. The van der Waals surface area contributed by atoms with Crippen LogP contribution < -0.4 is 5.32 Å². The molecule has 0 aromatic rings. The number of hydrogen-bond donors (Lipinski definition) is 1. The van der Waals surface area contributed by atoms with E-state index in [1.165, 1.54) is 12.8 Å². The number of nitrogens with zero attached hydrogens (tertiary/aromatic N) is 2. The fourth-order valence-electron chi connectivity index (χ4n) is 3.81. The molecule has 1 N–H and O–H groups in total. The van der Waals surface area contributed by atoms with Crippen molar-refractivity contribution in [3.63, 3.8) is 0 Å². The molecule has 0 spiro atoms. The van der Waals surface area contributed by atoms with Gasteiger partial charge in [-0.25, -0.2) is 4.79 Å². The number of carbonyl (C=O) groups is 1. The van der Waals surface area contributed by atoms with Crippen molar-refractivity contribution in [1.82, 2.24) is 15.1 Å². The van der Waals surface area contributed by atoms with Crippen molar-refractivity contribution in [2.24, 2.45) is 0 Å². The van der Waals surface area contributed by atoms with E-state index in [2.05, 4.69) is 10.2 Å². The largest absolute Gasteiger partial charge is 0.444 e. The fourth-order valence-corrected chi connectivity index (χ4v) is 3.81. The van der Waals surface area contributed by atoms with Crippen molar-refractivity contribution in [3.05, 3.63) is 0 Å². The van der Waals surface area contributed by atoms with E-state index in [9.17, 15) is 4.79 Å². The van der Waals surface area contributed by atoms with Crippen LogP contribution in [-0.4, -0.2) is 65.8 Å². The third-order valence-corrected chi connectivity index (χ3v) is 4.65. The van der Waals surface area contributed by atoms with E-state index in [0.29, 0.717) is 18.1 Å². The Hall–Kier alpha value is -0.810. The van der Waals surface area contributed by atoms with E-state index in [0.717, 1.165) is 32.6 Å². The van der Waals surface area contributed by atoms with Gasteiger partial charge in [0.2, 0.25) is 0 Å². The fraction of sp³-hybridized carbons (Fsp3) is 0.933. The standard InChI is InChI=1S/C15H27N3O2/c1-15(2,3)20-14(19)18-10-12-7-13(18)9-17(12)11-5-4-6-16-8-11/h11-13,16H,4-10H2,1-3H3. The normalized spacial score (nSPS) is 34.5. The monoisotopic (exact) mass is 281 g/mol. The lowest BCUT2D eigenvalue weighted by Crippen LogP contribution is -2.55. The maximum Gasteiger partial charge on any atom is 0.410 e.